The third kappa shape index (κ3) is 2.59. The molecule has 0 bridgehead atoms. The fourth-order valence-electron chi connectivity index (χ4n) is 2.85. The van der Waals surface area contributed by atoms with E-state index in [1.807, 2.05) is 0 Å². The van der Waals surface area contributed by atoms with Gasteiger partial charge < -0.3 is 4.74 Å². The number of pyridine rings is 1. The van der Waals surface area contributed by atoms with Gasteiger partial charge in [-0.25, -0.2) is 4.79 Å². The van der Waals surface area contributed by atoms with Crippen LogP contribution in [0.25, 0.3) is 16.5 Å². The Morgan fingerprint density at radius 2 is 1.71 bits per heavy atom. The lowest BCUT2D eigenvalue weighted by molar-refractivity contribution is 0.0527. The molecule has 0 fully saturated rings. The van der Waals surface area contributed by atoms with E-state index >= 15 is 0 Å². The highest BCUT2D eigenvalue weighted by atomic mass is 35.5. The van der Waals surface area contributed by atoms with Gasteiger partial charge in [-0.2, -0.15) is 0 Å². The first-order chi connectivity index (χ1) is 11.6. The van der Waals surface area contributed by atoms with Crippen LogP contribution >= 0.6 is 11.6 Å². The predicted octanol–water partition coefficient (Wildman–Crippen LogP) is 4.13. The van der Waals surface area contributed by atoms with Crippen LogP contribution in [0.3, 0.4) is 0 Å². The first-order valence-corrected chi connectivity index (χ1v) is 8.00. The number of fused-ring (bicyclic) bond motifs is 1. The molecule has 2 aromatic carbocycles. The highest BCUT2D eigenvalue weighted by Crippen LogP contribution is 2.25. The van der Waals surface area contributed by atoms with Crippen molar-refractivity contribution in [2.75, 3.05) is 6.61 Å². The summed E-state index contributed by atoms with van der Waals surface area (Å²) in [6, 6.07) is 14.1. The number of esters is 1. The Labute approximate surface area is 144 Å². The van der Waals surface area contributed by atoms with Crippen LogP contribution in [0, 0.1) is 6.92 Å². The standard InChI is InChI=1S/C19H16ClNO3/c1-3-24-19(23)17-12(2)21(16-11-7-6-10-15(16)20)18(22)14-9-5-4-8-13(14)17/h4-11H,3H2,1-2H3. The van der Waals surface area contributed by atoms with E-state index in [1.54, 1.807) is 62.4 Å². The van der Waals surface area contributed by atoms with Crippen molar-refractivity contribution in [2.24, 2.45) is 0 Å². The van der Waals surface area contributed by atoms with E-state index in [4.69, 9.17) is 16.3 Å². The van der Waals surface area contributed by atoms with E-state index in [0.717, 1.165) is 0 Å². The SMILES string of the molecule is CCOC(=O)c1c(C)n(-c2ccccc2Cl)c(=O)c2ccccc12. The number of carbonyl (C=O) groups excluding carboxylic acids is 1. The van der Waals surface area contributed by atoms with Gasteiger partial charge in [0.2, 0.25) is 0 Å². The Kier molecular flexibility index (Phi) is 4.40. The zero-order valence-corrected chi connectivity index (χ0v) is 14.1. The summed E-state index contributed by atoms with van der Waals surface area (Å²) in [5, 5.41) is 1.47. The molecule has 0 unspecified atom stereocenters. The first kappa shape index (κ1) is 16.3. The maximum Gasteiger partial charge on any atom is 0.340 e. The van der Waals surface area contributed by atoms with Crippen molar-refractivity contribution in [3.63, 3.8) is 0 Å². The van der Waals surface area contributed by atoms with Crippen molar-refractivity contribution in [1.29, 1.82) is 0 Å². The normalized spacial score (nSPS) is 10.8. The summed E-state index contributed by atoms with van der Waals surface area (Å²) in [7, 11) is 0. The summed E-state index contributed by atoms with van der Waals surface area (Å²) in [6.07, 6.45) is 0. The maximum absolute atomic E-state index is 13.0. The molecule has 0 radical (unpaired) electrons. The number of ether oxygens (including phenoxy) is 1. The minimum absolute atomic E-state index is 0.218. The molecular formula is C19H16ClNO3. The summed E-state index contributed by atoms with van der Waals surface area (Å²) in [5.74, 6) is -0.452. The van der Waals surface area contributed by atoms with Crippen molar-refractivity contribution >= 4 is 28.3 Å². The van der Waals surface area contributed by atoms with Crippen LogP contribution in [-0.2, 0) is 4.74 Å². The van der Waals surface area contributed by atoms with E-state index in [2.05, 4.69) is 0 Å². The number of aromatic nitrogens is 1. The monoisotopic (exact) mass is 341 g/mol. The molecule has 0 aliphatic rings. The van der Waals surface area contributed by atoms with Crippen molar-refractivity contribution in [1.82, 2.24) is 4.57 Å². The van der Waals surface area contributed by atoms with Crippen molar-refractivity contribution in [3.05, 3.63) is 75.2 Å². The Morgan fingerprint density at radius 1 is 1.08 bits per heavy atom. The number of hydrogen-bond donors (Lipinski definition) is 0. The van der Waals surface area contributed by atoms with Crippen LogP contribution in [0.2, 0.25) is 5.02 Å². The smallest absolute Gasteiger partial charge is 0.340 e. The van der Waals surface area contributed by atoms with E-state index < -0.39 is 5.97 Å². The zero-order chi connectivity index (χ0) is 17.3. The third-order valence-electron chi connectivity index (χ3n) is 3.90. The molecule has 4 nitrogen and oxygen atoms in total. The molecule has 122 valence electrons. The molecule has 1 heterocycles. The van der Waals surface area contributed by atoms with Gasteiger partial charge in [0.25, 0.3) is 5.56 Å². The Hall–Kier alpha value is -2.59. The van der Waals surface area contributed by atoms with Gasteiger partial charge >= 0.3 is 5.97 Å². The lowest BCUT2D eigenvalue weighted by Crippen LogP contribution is -2.25. The number of hydrogen-bond acceptors (Lipinski definition) is 3. The molecule has 0 spiro atoms. The Morgan fingerprint density at radius 3 is 2.38 bits per heavy atom. The quantitative estimate of drug-likeness (QED) is 0.673. The molecule has 3 aromatic rings. The van der Waals surface area contributed by atoms with E-state index in [9.17, 15) is 9.59 Å². The molecular weight excluding hydrogens is 326 g/mol. The number of nitrogens with zero attached hydrogens (tertiary/aromatic N) is 1. The largest absolute Gasteiger partial charge is 0.462 e. The summed E-state index contributed by atoms with van der Waals surface area (Å²) in [6.45, 7) is 3.74. The van der Waals surface area contributed by atoms with Crippen molar-refractivity contribution in [3.8, 4) is 5.69 Å². The number of benzene rings is 2. The molecule has 3 rings (SSSR count). The van der Waals surface area contributed by atoms with Gasteiger partial charge in [0.1, 0.15) is 0 Å². The van der Waals surface area contributed by atoms with Crippen LogP contribution in [-0.4, -0.2) is 17.1 Å². The molecule has 5 heteroatoms. The van der Waals surface area contributed by atoms with Crippen molar-refractivity contribution < 1.29 is 9.53 Å². The highest BCUT2D eigenvalue weighted by Gasteiger charge is 2.21. The van der Waals surface area contributed by atoms with Crippen LogP contribution in [0.5, 0.6) is 0 Å². The lowest BCUT2D eigenvalue weighted by Gasteiger charge is -2.17. The maximum atomic E-state index is 13.0. The Bertz CT molecular complexity index is 992. The molecule has 0 saturated carbocycles. The van der Waals surface area contributed by atoms with E-state index in [-0.39, 0.29) is 12.2 Å². The summed E-state index contributed by atoms with van der Waals surface area (Å²) in [4.78, 5) is 25.5. The highest BCUT2D eigenvalue weighted by molar-refractivity contribution is 6.32. The second kappa shape index (κ2) is 6.49. The summed E-state index contributed by atoms with van der Waals surface area (Å²) < 4.78 is 6.66. The first-order valence-electron chi connectivity index (χ1n) is 7.62. The van der Waals surface area contributed by atoms with Gasteiger partial charge in [-0.15, -0.1) is 0 Å². The molecule has 0 aliphatic carbocycles. The lowest BCUT2D eigenvalue weighted by atomic mass is 10.0. The molecule has 1 aromatic heterocycles. The second-order valence-electron chi connectivity index (χ2n) is 5.32. The van der Waals surface area contributed by atoms with E-state index in [1.165, 1.54) is 4.57 Å². The van der Waals surface area contributed by atoms with Gasteiger partial charge in [0.05, 0.1) is 22.9 Å². The molecule has 0 N–H and O–H groups in total. The van der Waals surface area contributed by atoms with Gasteiger partial charge in [-0.1, -0.05) is 41.9 Å². The summed E-state index contributed by atoms with van der Waals surface area (Å²) >= 11 is 6.27. The zero-order valence-electron chi connectivity index (χ0n) is 13.4. The predicted molar refractivity (Wildman–Crippen MR) is 95.2 cm³/mol. The topological polar surface area (TPSA) is 48.3 Å². The molecule has 0 saturated heterocycles. The molecule has 0 amide bonds. The number of para-hydroxylation sites is 1. The third-order valence-corrected chi connectivity index (χ3v) is 4.22. The van der Waals surface area contributed by atoms with Crippen molar-refractivity contribution in [2.45, 2.75) is 13.8 Å². The molecule has 24 heavy (non-hydrogen) atoms. The number of rotatable bonds is 3. The van der Waals surface area contributed by atoms with Crippen LogP contribution in [0.15, 0.2) is 53.3 Å². The van der Waals surface area contributed by atoms with Crippen LogP contribution in [0.1, 0.15) is 23.0 Å². The summed E-state index contributed by atoms with van der Waals surface area (Å²) in [5.41, 5.74) is 1.21. The molecule has 0 atom stereocenters. The minimum atomic E-state index is -0.452. The average molecular weight is 342 g/mol. The fraction of sp³-hybridized carbons (Fsp3) is 0.158. The molecule has 0 aliphatic heterocycles. The van der Waals surface area contributed by atoms with Gasteiger partial charge in [0, 0.05) is 16.5 Å². The average Bonchev–Trinajstić information content (AvgIpc) is 2.57. The minimum Gasteiger partial charge on any atom is -0.462 e. The number of halogens is 1. The van der Waals surface area contributed by atoms with Crippen LogP contribution < -0.4 is 5.56 Å². The van der Waals surface area contributed by atoms with Gasteiger partial charge in [-0.3, -0.25) is 9.36 Å². The number of carbonyl (C=O) groups is 1. The van der Waals surface area contributed by atoms with Gasteiger partial charge in [0.15, 0.2) is 0 Å². The fourth-order valence-corrected chi connectivity index (χ4v) is 3.07. The van der Waals surface area contributed by atoms with E-state index in [0.29, 0.717) is 32.7 Å². The van der Waals surface area contributed by atoms with Gasteiger partial charge in [-0.05, 0) is 32.0 Å². The van der Waals surface area contributed by atoms with Crippen LogP contribution in [0.4, 0.5) is 0 Å². The Balaban J connectivity index is 2.46. The second-order valence-corrected chi connectivity index (χ2v) is 5.73.